The smallest absolute Gasteiger partial charge is 0.200 e. The van der Waals surface area contributed by atoms with Crippen molar-refractivity contribution >= 4 is 60.0 Å². The topological polar surface area (TPSA) is 34.6 Å². The quantitative estimate of drug-likeness (QED) is 0.193. The molecule has 0 fully saturated rings. The summed E-state index contributed by atoms with van der Waals surface area (Å²) in [5.41, 5.74) is 11.4. The first-order valence-electron chi connectivity index (χ1n) is 15.6. The van der Waals surface area contributed by atoms with Crippen LogP contribution in [0.1, 0.15) is 0 Å². The molecule has 0 radical (unpaired) electrons. The lowest BCUT2D eigenvalue weighted by atomic mass is 9.95. The molecule has 0 amide bonds. The summed E-state index contributed by atoms with van der Waals surface area (Å²) >= 11 is 0. The Balaban J connectivity index is 1.11. The van der Waals surface area contributed by atoms with Crippen LogP contribution in [0, 0.1) is 0 Å². The second kappa shape index (κ2) is 9.40. The standard InChI is InChI=1S/C43H25NO2/c45-42-36-14-2-4-20-40(36)46-43-31(15-7-18-37(42)43)30-12-6-11-28(24-30)26-9-5-10-27(23-26)29-21-22-33-35-17-8-16-34-32-13-1-3-19-38(32)44(41(34)35)39(33)25-29/h1-25H. The van der Waals surface area contributed by atoms with E-state index in [1.165, 1.54) is 43.7 Å². The second-order valence-electron chi connectivity index (χ2n) is 12.1. The first-order valence-corrected chi connectivity index (χ1v) is 15.6. The molecule has 7 aromatic carbocycles. The summed E-state index contributed by atoms with van der Waals surface area (Å²) < 4.78 is 8.76. The van der Waals surface area contributed by atoms with Gasteiger partial charge in [-0.3, -0.25) is 4.79 Å². The van der Waals surface area contributed by atoms with Gasteiger partial charge < -0.3 is 8.82 Å². The highest BCUT2D eigenvalue weighted by molar-refractivity contribution is 6.23. The van der Waals surface area contributed by atoms with Crippen molar-refractivity contribution in [3.8, 4) is 33.4 Å². The number of rotatable bonds is 3. The minimum Gasteiger partial charge on any atom is -0.455 e. The number of hydrogen-bond donors (Lipinski definition) is 0. The zero-order valence-electron chi connectivity index (χ0n) is 24.7. The molecule has 214 valence electrons. The van der Waals surface area contributed by atoms with Crippen LogP contribution in [0.2, 0.25) is 0 Å². The molecule has 3 aromatic heterocycles. The molecule has 0 N–H and O–H groups in total. The van der Waals surface area contributed by atoms with Gasteiger partial charge in [0, 0.05) is 27.1 Å². The third-order valence-electron chi connectivity index (χ3n) is 9.53. The number of hydrogen-bond acceptors (Lipinski definition) is 2. The second-order valence-corrected chi connectivity index (χ2v) is 12.1. The zero-order chi connectivity index (χ0) is 30.4. The molecule has 0 aliphatic carbocycles. The first-order chi connectivity index (χ1) is 22.7. The molecule has 0 unspecified atom stereocenters. The van der Waals surface area contributed by atoms with Crippen LogP contribution in [0.25, 0.3) is 93.4 Å². The summed E-state index contributed by atoms with van der Waals surface area (Å²) in [7, 11) is 0. The van der Waals surface area contributed by atoms with E-state index < -0.39 is 0 Å². The van der Waals surface area contributed by atoms with Crippen LogP contribution in [0.15, 0.2) is 161 Å². The van der Waals surface area contributed by atoms with Gasteiger partial charge >= 0.3 is 0 Å². The minimum atomic E-state index is -0.00589. The monoisotopic (exact) mass is 587 g/mol. The Morgan fingerprint density at radius 2 is 0.978 bits per heavy atom. The van der Waals surface area contributed by atoms with Crippen molar-refractivity contribution in [1.29, 1.82) is 0 Å². The summed E-state index contributed by atoms with van der Waals surface area (Å²) in [6.07, 6.45) is 0. The average molecular weight is 588 g/mol. The lowest BCUT2D eigenvalue weighted by Gasteiger charge is -2.11. The molecule has 46 heavy (non-hydrogen) atoms. The van der Waals surface area contributed by atoms with Crippen molar-refractivity contribution in [2.75, 3.05) is 0 Å². The van der Waals surface area contributed by atoms with E-state index in [0.717, 1.165) is 27.8 Å². The fourth-order valence-corrected chi connectivity index (χ4v) is 7.41. The van der Waals surface area contributed by atoms with Gasteiger partial charge in [-0.1, -0.05) is 109 Å². The van der Waals surface area contributed by atoms with Gasteiger partial charge in [0.05, 0.1) is 27.3 Å². The molecule has 3 heterocycles. The molecular formula is C43H25NO2. The van der Waals surface area contributed by atoms with E-state index in [0.29, 0.717) is 21.9 Å². The van der Waals surface area contributed by atoms with E-state index in [1.54, 1.807) is 0 Å². The fraction of sp³-hybridized carbons (Fsp3) is 0. The van der Waals surface area contributed by atoms with Crippen molar-refractivity contribution in [3.05, 3.63) is 162 Å². The van der Waals surface area contributed by atoms with Crippen LogP contribution in [0.4, 0.5) is 0 Å². The molecule has 0 atom stereocenters. The minimum absolute atomic E-state index is 0.00589. The van der Waals surface area contributed by atoms with Gasteiger partial charge in [0.2, 0.25) is 5.43 Å². The van der Waals surface area contributed by atoms with Gasteiger partial charge in [-0.2, -0.15) is 0 Å². The van der Waals surface area contributed by atoms with Crippen LogP contribution in [0.5, 0.6) is 0 Å². The average Bonchev–Trinajstić information content (AvgIpc) is 3.64. The number of para-hydroxylation sites is 4. The number of nitrogens with zero attached hydrogens (tertiary/aromatic N) is 1. The van der Waals surface area contributed by atoms with Gasteiger partial charge in [0.1, 0.15) is 11.2 Å². The summed E-state index contributed by atoms with van der Waals surface area (Å²) in [5, 5.41) is 6.34. The number of aromatic nitrogens is 1. The van der Waals surface area contributed by atoms with Gasteiger partial charge in [0.15, 0.2) is 0 Å². The molecule has 0 aliphatic rings. The molecular weight excluding hydrogens is 562 g/mol. The van der Waals surface area contributed by atoms with Crippen molar-refractivity contribution in [2.24, 2.45) is 0 Å². The number of benzene rings is 7. The van der Waals surface area contributed by atoms with Crippen molar-refractivity contribution in [1.82, 2.24) is 4.40 Å². The third-order valence-corrected chi connectivity index (χ3v) is 9.53. The van der Waals surface area contributed by atoms with E-state index in [1.807, 2.05) is 42.5 Å². The predicted molar refractivity (Wildman–Crippen MR) is 191 cm³/mol. The lowest BCUT2D eigenvalue weighted by Crippen LogP contribution is -2.02. The molecule has 0 spiro atoms. The Kier molecular flexibility index (Phi) is 5.15. The van der Waals surface area contributed by atoms with Crippen LogP contribution in [-0.2, 0) is 0 Å². The fourth-order valence-electron chi connectivity index (χ4n) is 7.41. The van der Waals surface area contributed by atoms with Gasteiger partial charge in [0.25, 0.3) is 0 Å². The highest BCUT2D eigenvalue weighted by Crippen LogP contribution is 2.40. The molecule has 0 saturated heterocycles. The first kappa shape index (κ1) is 25.2. The predicted octanol–water partition coefficient (Wildman–Crippen LogP) is 11.1. The Hall–Kier alpha value is -6.19. The SMILES string of the molecule is O=c1c2ccccc2oc2c(-c3cccc(-c4cccc(-c5ccc6c7cccc8c9ccccc9n(c6c5)c87)c4)c3)cccc12. The maximum Gasteiger partial charge on any atom is 0.200 e. The van der Waals surface area contributed by atoms with Crippen molar-refractivity contribution in [3.63, 3.8) is 0 Å². The summed E-state index contributed by atoms with van der Waals surface area (Å²) in [6.45, 7) is 0. The molecule has 10 aromatic rings. The Morgan fingerprint density at radius 1 is 0.413 bits per heavy atom. The van der Waals surface area contributed by atoms with E-state index in [4.69, 9.17) is 4.42 Å². The van der Waals surface area contributed by atoms with Crippen LogP contribution >= 0.6 is 0 Å². The largest absolute Gasteiger partial charge is 0.455 e. The van der Waals surface area contributed by atoms with Crippen LogP contribution < -0.4 is 5.43 Å². The van der Waals surface area contributed by atoms with Crippen molar-refractivity contribution < 1.29 is 4.42 Å². The molecule has 3 heteroatoms. The highest BCUT2D eigenvalue weighted by Gasteiger charge is 2.18. The maximum absolute atomic E-state index is 13.3. The van der Waals surface area contributed by atoms with E-state index >= 15 is 0 Å². The molecule has 3 nitrogen and oxygen atoms in total. The molecule has 10 rings (SSSR count). The van der Waals surface area contributed by atoms with Gasteiger partial charge in [-0.05, 0) is 70.3 Å². The lowest BCUT2D eigenvalue weighted by molar-refractivity contribution is 0.661. The third kappa shape index (κ3) is 3.51. The maximum atomic E-state index is 13.3. The molecule has 0 saturated carbocycles. The van der Waals surface area contributed by atoms with Gasteiger partial charge in [-0.15, -0.1) is 0 Å². The van der Waals surface area contributed by atoms with Crippen LogP contribution in [-0.4, -0.2) is 4.40 Å². The van der Waals surface area contributed by atoms with E-state index in [-0.39, 0.29) is 5.43 Å². The normalized spacial score (nSPS) is 12.0. The zero-order valence-corrected chi connectivity index (χ0v) is 24.7. The van der Waals surface area contributed by atoms with Crippen LogP contribution in [0.3, 0.4) is 0 Å². The summed E-state index contributed by atoms with van der Waals surface area (Å²) in [5.74, 6) is 0. The highest BCUT2D eigenvalue weighted by atomic mass is 16.3. The summed E-state index contributed by atoms with van der Waals surface area (Å²) in [4.78, 5) is 13.3. The van der Waals surface area contributed by atoms with Crippen molar-refractivity contribution in [2.45, 2.75) is 0 Å². The number of fused-ring (bicyclic) bond motifs is 8. The Bertz CT molecular complexity index is 2890. The summed E-state index contributed by atoms with van der Waals surface area (Å²) in [6, 6.07) is 52.6. The Morgan fingerprint density at radius 3 is 1.78 bits per heavy atom. The molecule has 0 bridgehead atoms. The Labute approximate surface area is 263 Å². The van der Waals surface area contributed by atoms with Gasteiger partial charge in [-0.25, -0.2) is 0 Å². The van der Waals surface area contributed by atoms with E-state index in [2.05, 4.69) is 114 Å². The molecule has 0 aliphatic heterocycles. The van der Waals surface area contributed by atoms with E-state index in [9.17, 15) is 4.79 Å².